The fourth-order valence-electron chi connectivity index (χ4n) is 1.71. The van der Waals surface area contributed by atoms with Gasteiger partial charge in [0.05, 0.1) is 13.0 Å². The zero-order valence-electron chi connectivity index (χ0n) is 12.1. The van der Waals surface area contributed by atoms with E-state index in [1.165, 1.54) is 0 Å². The Balaban J connectivity index is 2.60. The zero-order valence-corrected chi connectivity index (χ0v) is 12.1. The van der Waals surface area contributed by atoms with Gasteiger partial charge in [0.2, 0.25) is 0 Å². The second-order valence-electron chi connectivity index (χ2n) is 4.37. The number of amides is 2. The van der Waals surface area contributed by atoms with E-state index >= 15 is 0 Å². The van der Waals surface area contributed by atoms with Gasteiger partial charge in [-0.3, -0.25) is 4.79 Å². The lowest BCUT2D eigenvalue weighted by Gasteiger charge is -2.11. The van der Waals surface area contributed by atoms with Crippen molar-refractivity contribution in [3.63, 3.8) is 0 Å². The molecule has 2 N–H and O–H groups in total. The number of rotatable bonds is 7. The van der Waals surface area contributed by atoms with Gasteiger partial charge >= 0.3 is 12.0 Å². The Morgan fingerprint density at radius 2 is 1.95 bits per heavy atom. The third-order valence-corrected chi connectivity index (χ3v) is 2.72. The average molecular weight is 278 g/mol. The maximum absolute atomic E-state index is 11.7. The van der Waals surface area contributed by atoms with E-state index in [4.69, 9.17) is 4.74 Å². The van der Waals surface area contributed by atoms with Gasteiger partial charge in [-0.05, 0) is 25.0 Å². The number of benzene rings is 1. The molecule has 5 heteroatoms. The van der Waals surface area contributed by atoms with E-state index in [1.807, 2.05) is 12.1 Å². The van der Waals surface area contributed by atoms with Crippen LogP contribution in [0.15, 0.2) is 24.3 Å². The summed E-state index contributed by atoms with van der Waals surface area (Å²) in [5, 5.41) is 5.53. The number of nitrogens with one attached hydrogen (secondary N) is 2. The van der Waals surface area contributed by atoms with Crippen LogP contribution in [0, 0.1) is 0 Å². The molecule has 0 aliphatic carbocycles. The van der Waals surface area contributed by atoms with Crippen LogP contribution in [0.4, 0.5) is 10.5 Å². The lowest BCUT2D eigenvalue weighted by Crippen LogP contribution is -2.30. The molecule has 0 aliphatic rings. The molecule has 1 aromatic carbocycles. The summed E-state index contributed by atoms with van der Waals surface area (Å²) >= 11 is 0. The Morgan fingerprint density at radius 1 is 1.20 bits per heavy atom. The van der Waals surface area contributed by atoms with Gasteiger partial charge in [0.25, 0.3) is 0 Å². The van der Waals surface area contributed by atoms with E-state index in [0.29, 0.717) is 18.8 Å². The maximum Gasteiger partial charge on any atom is 0.319 e. The van der Waals surface area contributed by atoms with Crippen LogP contribution in [0.3, 0.4) is 0 Å². The number of para-hydroxylation sites is 1. The summed E-state index contributed by atoms with van der Waals surface area (Å²) in [6, 6.07) is 6.96. The number of ether oxygens (including phenoxy) is 1. The lowest BCUT2D eigenvalue weighted by atomic mass is 10.1. The number of hydrogen-bond acceptors (Lipinski definition) is 3. The highest BCUT2D eigenvalue weighted by Gasteiger charge is 2.10. The minimum atomic E-state index is -0.298. The number of carbonyl (C=O) groups excluding carboxylic acids is 2. The smallest absolute Gasteiger partial charge is 0.319 e. The van der Waals surface area contributed by atoms with Crippen molar-refractivity contribution in [2.24, 2.45) is 0 Å². The largest absolute Gasteiger partial charge is 0.466 e. The van der Waals surface area contributed by atoms with Crippen molar-refractivity contribution in [2.45, 2.75) is 33.1 Å². The van der Waals surface area contributed by atoms with Crippen LogP contribution in [-0.2, 0) is 16.0 Å². The van der Waals surface area contributed by atoms with Crippen LogP contribution in [-0.4, -0.2) is 25.2 Å². The zero-order chi connectivity index (χ0) is 14.8. The summed E-state index contributed by atoms with van der Waals surface area (Å²) in [6.45, 7) is 4.83. The van der Waals surface area contributed by atoms with Crippen LogP contribution in [0.1, 0.15) is 32.3 Å². The minimum absolute atomic E-state index is 0.152. The molecule has 1 aromatic rings. The SMILES string of the molecule is CCCCNC(=O)Nc1ccccc1CC(=O)OCC. The first kappa shape index (κ1) is 16.0. The highest BCUT2D eigenvalue weighted by atomic mass is 16.5. The maximum atomic E-state index is 11.7. The van der Waals surface area contributed by atoms with E-state index in [1.54, 1.807) is 19.1 Å². The second-order valence-corrected chi connectivity index (χ2v) is 4.37. The number of carbonyl (C=O) groups is 2. The summed E-state index contributed by atoms with van der Waals surface area (Å²) in [4.78, 5) is 23.2. The number of urea groups is 1. The van der Waals surface area contributed by atoms with Gasteiger partial charge < -0.3 is 15.4 Å². The standard InChI is InChI=1S/C15H22N2O3/c1-3-5-10-16-15(19)17-13-9-7-6-8-12(13)11-14(18)20-4-2/h6-9H,3-5,10-11H2,1-2H3,(H2,16,17,19). The first-order valence-electron chi connectivity index (χ1n) is 6.95. The summed E-state index contributed by atoms with van der Waals surface area (Å²) < 4.78 is 4.92. The fraction of sp³-hybridized carbons (Fsp3) is 0.467. The molecule has 0 bridgehead atoms. The van der Waals surface area contributed by atoms with Crippen molar-refractivity contribution in [3.8, 4) is 0 Å². The Hall–Kier alpha value is -2.04. The minimum Gasteiger partial charge on any atom is -0.466 e. The van der Waals surface area contributed by atoms with Crippen molar-refractivity contribution in [1.29, 1.82) is 0 Å². The van der Waals surface area contributed by atoms with E-state index < -0.39 is 0 Å². The molecular weight excluding hydrogens is 256 g/mol. The molecule has 1 rings (SSSR count). The predicted octanol–water partition coefficient (Wildman–Crippen LogP) is 2.71. The van der Waals surface area contributed by atoms with Gasteiger partial charge in [-0.25, -0.2) is 4.79 Å². The van der Waals surface area contributed by atoms with Gasteiger partial charge in [0.15, 0.2) is 0 Å². The first-order valence-corrected chi connectivity index (χ1v) is 6.95. The lowest BCUT2D eigenvalue weighted by molar-refractivity contribution is -0.142. The number of esters is 1. The highest BCUT2D eigenvalue weighted by molar-refractivity contribution is 5.91. The third-order valence-electron chi connectivity index (χ3n) is 2.72. The normalized spacial score (nSPS) is 9.90. The van der Waals surface area contributed by atoms with Crippen LogP contribution >= 0.6 is 0 Å². The molecule has 0 unspecified atom stereocenters. The van der Waals surface area contributed by atoms with E-state index in [9.17, 15) is 9.59 Å². The predicted molar refractivity (Wildman–Crippen MR) is 78.7 cm³/mol. The number of hydrogen-bond donors (Lipinski definition) is 2. The Bertz CT molecular complexity index is 446. The topological polar surface area (TPSA) is 67.4 Å². The fourth-order valence-corrected chi connectivity index (χ4v) is 1.71. The van der Waals surface area contributed by atoms with Crippen molar-refractivity contribution in [2.75, 3.05) is 18.5 Å². The summed E-state index contributed by atoms with van der Waals surface area (Å²) in [5.41, 5.74) is 1.38. The quantitative estimate of drug-likeness (QED) is 0.595. The van der Waals surface area contributed by atoms with Gasteiger partial charge in [-0.15, -0.1) is 0 Å². The second kappa shape index (κ2) is 8.96. The van der Waals surface area contributed by atoms with Gasteiger partial charge in [0.1, 0.15) is 0 Å². The number of unbranched alkanes of at least 4 members (excludes halogenated alkanes) is 1. The molecule has 0 saturated heterocycles. The van der Waals surface area contributed by atoms with Crippen molar-refractivity contribution >= 4 is 17.7 Å². The van der Waals surface area contributed by atoms with Crippen LogP contribution in [0.25, 0.3) is 0 Å². The van der Waals surface area contributed by atoms with Gasteiger partial charge in [-0.1, -0.05) is 31.5 Å². The number of anilines is 1. The molecule has 0 aromatic heterocycles. The molecular formula is C15H22N2O3. The highest BCUT2D eigenvalue weighted by Crippen LogP contribution is 2.16. The summed E-state index contributed by atoms with van der Waals surface area (Å²) in [7, 11) is 0. The monoisotopic (exact) mass is 278 g/mol. The molecule has 0 atom stereocenters. The van der Waals surface area contributed by atoms with Crippen molar-refractivity contribution in [1.82, 2.24) is 5.32 Å². The molecule has 0 saturated carbocycles. The molecule has 0 heterocycles. The van der Waals surface area contributed by atoms with Crippen LogP contribution < -0.4 is 10.6 Å². The molecule has 5 nitrogen and oxygen atoms in total. The Morgan fingerprint density at radius 3 is 2.65 bits per heavy atom. The Kier molecular flexibility index (Phi) is 7.17. The van der Waals surface area contributed by atoms with Gasteiger partial charge in [-0.2, -0.15) is 0 Å². The van der Waals surface area contributed by atoms with Crippen LogP contribution in [0.5, 0.6) is 0 Å². The molecule has 2 amide bonds. The summed E-state index contributed by atoms with van der Waals surface area (Å²) in [5.74, 6) is -0.298. The first-order chi connectivity index (χ1) is 9.67. The molecule has 0 aliphatic heterocycles. The average Bonchev–Trinajstić information content (AvgIpc) is 2.41. The Labute approximate surface area is 119 Å². The van der Waals surface area contributed by atoms with Crippen LogP contribution in [0.2, 0.25) is 0 Å². The molecule has 0 radical (unpaired) electrons. The van der Waals surface area contributed by atoms with E-state index in [2.05, 4.69) is 17.6 Å². The molecule has 20 heavy (non-hydrogen) atoms. The molecule has 110 valence electrons. The van der Waals surface area contributed by atoms with Gasteiger partial charge in [0, 0.05) is 12.2 Å². The van der Waals surface area contributed by atoms with Crippen molar-refractivity contribution < 1.29 is 14.3 Å². The van der Waals surface area contributed by atoms with E-state index in [0.717, 1.165) is 18.4 Å². The van der Waals surface area contributed by atoms with E-state index in [-0.39, 0.29) is 18.4 Å². The molecule has 0 spiro atoms. The van der Waals surface area contributed by atoms with Crippen molar-refractivity contribution in [3.05, 3.63) is 29.8 Å². The summed E-state index contributed by atoms with van der Waals surface area (Å²) in [6.07, 6.45) is 2.12. The third kappa shape index (κ3) is 5.73. The molecule has 0 fully saturated rings.